The van der Waals surface area contributed by atoms with Crippen LogP contribution in [-0.4, -0.2) is 24.7 Å². The van der Waals surface area contributed by atoms with Gasteiger partial charge in [-0.05, 0) is 66.4 Å². The Bertz CT molecular complexity index is 1330. The van der Waals surface area contributed by atoms with Gasteiger partial charge in [0.2, 0.25) is 0 Å². The zero-order valence-electron chi connectivity index (χ0n) is 19.9. The minimum atomic E-state index is -0.543. The fourth-order valence-electron chi connectivity index (χ4n) is 3.67. The second kappa shape index (κ2) is 10.2. The van der Waals surface area contributed by atoms with Crippen molar-refractivity contribution in [1.29, 1.82) is 0 Å². The monoisotopic (exact) mass is 488 g/mol. The molecule has 1 aliphatic heterocycles. The van der Waals surface area contributed by atoms with Gasteiger partial charge in [0, 0.05) is 0 Å². The number of methoxy groups -OCH3 is 1. The fraction of sp³-hybridized carbons (Fsp3) is 0.179. The number of ether oxygens (including phenoxy) is 2. The van der Waals surface area contributed by atoms with Gasteiger partial charge in [0.25, 0.3) is 5.91 Å². The van der Waals surface area contributed by atoms with Gasteiger partial charge < -0.3 is 9.47 Å². The molecule has 0 spiro atoms. The third-order valence-electron chi connectivity index (χ3n) is 5.63. The number of esters is 1. The van der Waals surface area contributed by atoms with Gasteiger partial charge in [-0.3, -0.25) is 4.79 Å². The van der Waals surface area contributed by atoms with Crippen LogP contribution in [0.3, 0.4) is 0 Å². The summed E-state index contributed by atoms with van der Waals surface area (Å²) in [5.41, 5.74) is 3.83. The summed E-state index contributed by atoms with van der Waals surface area (Å²) in [4.78, 5) is 25.7. The van der Waals surface area contributed by atoms with Crippen LogP contribution in [0.15, 0.2) is 77.4 Å². The number of amides is 1. The molecule has 178 valence electrons. The van der Waals surface area contributed by atoms with E-state index in [0.717, 1.165) is 5.56 Å². The van der Waals surface area contributed by atoms with Crippen molar-refractivity contribution >= 4 is 41.0 Å². The van der Waals surface area contributed by atoms with Crippen LogP contribution in [0.1, 0.15) is 48.2 Å². The first kappa shape index (κ1) is 24.2. The highest BCUT2D eigenvalue weighted by molar-refractivity contribution is 6.33. The van der Waals surface area contributed by atoms with Crippen LogP contribution in [0.25, 0.3) is 6.08 Å². The van der Waals surface area contributed by atoms with Crippen molar-refractivity contribution in [2.75, 3.05) is 12.1 Å². The third kappa shape index (κ3) is 5.12. The molecule has 0 bridgehead atoms. The van der Waals surface area contributed by atoms with Gasteiger partial charge in [-0.2, -0.15) is 10.1 Å². The standard InChI is InChI=1S/C28H25ClN2O4/c1-17(2)20-10-12-21(13-11-20)28(33)35-26-24(29)15-19(16-25(26)34-4)14-23-18(3)30-31(27(23)32)22-8-6-5-7-9-22/h5-17H,1-4H3/b23-14+. The van der Waals surface area contributed by atoms with Gasteiger partial charge in [-0.15, -0.1) is 0 Å². The van der Waals surface area contributed by atoms with E-state index in [9.17, 15) is 9.59 Å². The van der Waals surface area contributed by atoms with Crippen LogP contribution in [0, 0.1) is 0 Å². The molecule has 3 aromatic rings. The van der Waals surface area contributed by atoms with E-state index in [1.165, 1.54) is 12.1 Å². The zero-order valence-corrected chi connectivity index (χ0v) is 20.7. The molecule has 0 aromatic heterocycles. The molecule has 0 radical (unpaired) electrons. The Kier molecular flexibility index (Phi) is 7.03. The summed E-state index contributed by atoms with van der Waals surface area (Å²) >= 11 is 6.48. The van der Waals surface area contributed by atoms with Crippen LogP contribution in [0.4, 0.5) is 5.69 Å². The Balaban J connectivity index is 1.59. The summed E-state index contributed by atoms with van der Waals surface area (Å²) in [6, 6.07) is 19.7. The highest BCUT2D eigenvalue weighted by atomic mass is 35.5. The topological polar surface area (TPSA) is 68.2 Å². The lowest BCUT2D eigenvalue weighted by molar-refractivity contribution is -0.114. The second-order valence-corrected chi connectivity index (χ2v) is 8.80. The molecule has 0 fully saturated rings. The zero-order chi connectivity index (χ0) is 25.1. The highest BCUT2D eigenvalue weighted by Gasteiger charge is 2.29. The summed E-state index contributed by atoms with van der Waals surface area (Å²) < 4.78 is 11.0. The van der Waals surface area contributed by atoms with E-state index in [4.69, 9.17) is 21.1 Å². The Hall–Kier alpha value is -3.90. The van der Waals surface area contributed by atoms with Gasteiger partial charge in [0.1, 0.15) is 0 Å². The average Bonchev–Trinajstić information content (AvgIpc) is 3.14. The molecular weight excluding hydrogens is 464 g/mol. The highest BCUT2D eigenvalue weighted by Crippen LogP contribution is 2.38. The first-order valence-electron chi connectivity index (χ1n) is 11.1. The van der Waals surface area contributed by atoms with Crippen molar-refractivity contribution in [3.05, 3.63) is 94.0 Å². The number of hydrogen-bond acceptors (Lipinski definition) is 5. The van der Waals surface area contributed by atoms with Gasteiger partial charge >= 0.3 is 5.97 Å². The molecule has 1 amide bonds. The molecule has 35 heavy (non-hydrogen) atoms. The third-order valence-corrected chi connectivity index (χ3v) is 5.91. The molecule has 0 saturated heterocycles. The van der Waals surface area contributed by atoms with Crippen molar-refractivity contribution in [2.45, 2.75) is 26.7 Å². The summed E-state index contributed by atoms with van der Waals surface area (Å²) in [5, 5.41) is 5.93. The second-order valence-electron chi connectivity index (χ2n) is 8.40. The van der Waals surface area contributed by atoms with Gasteiger partial charge in [0.15, 0.2) is 11.5 Å². The van der Waals surface area contributed by atoms with Crippen molar-refractivity contribution in [2.24, 2.45) is 5.10 Å². The van der Waals surface area contributed by atoms with Crippen LogP contribution in [-0.2, 0) is 4.79 Å². The number of halogens is 1. The Morgan fingerprint density at radius 3 is 2.37 bits per heavy atom. The fourth-order valence-corrected chi connectivity index (χ4v) is 3.93. The summed E-state index contributed by atoms with van der Waals surface area (Å²) in [6.07, 6.45) is 1.69. The number of nitrogens with zero attached hydrogens (tertiary/aromatic N) is 2. The van der Waals surface area contributed by atoms with E-state index in [1.807, 2.05) is 42.5 Å². The summed E-state index contributed by atoms with van der Waals surface area (Å²) in [7, 11) is 1.46. The normalized spacial score (nSPS) is 14.5. The van der Waals surface area contributed by atoms with Crippen LogP contribution in [0.5, 0.6) is 11.5 Å². The molecule has 0 saturated carbocycles. The number of hydrogen-bond donors (Lipinski definition) is 0. The first-order chi connectivity index (χ1) is 16.8. The van der Waals surface area contributed by atoms with Crippen molar-refractivity contribution in [1.82, 2.24) is 0 Å². The Morgan fingerprint density at radius 2 is 1.74 bits per heavy atom. The van der Waals surface area contributed by atoms with Crippen molar-refractivity contribution < 1.29 is 19.1 Å². The number of carbonyl (C=O) groups is 2. The number of para-hydroxylation sites is 1. The van der Waals surface area contributed by atoms with Crippen LogP contribution in [0.2, 0.25) is 5.02 Å². The smallest absolute Gasteiger partial charge is 0.343 e. The number of rotatable bonds is 6. The molecule has 0 unspecified atom stereocenters. The molecule has 1 heterocycles. The van der Waals surface area contributed by atoms with E-state index in [-0.39, 0.29) is 22.4 Å². The number of anilines is 1. The van der Waals surface area contributed by atoms with E-state index in [0.29, 0.717) is 34.0 Å². The minimum absolute atomic E-state index is 0.114. The molecule has 0 N–H and O–H groups in total. The maximum Gasteiger partial charge on any atom is 0.343 e. The number of hydrazone groups is 1. The van der Waals surface area contributed by atoms with E-state index >= 15 is 0 Å². The molecule has 7 heteroatoms. The first-order valence-corrected chi connectivity index (χ1v) is 11.5. The van der Waals surface area contributed by atoms with E-state index in [1.54, 1.807) is 37.3 Å². The van der Waals surface area contributed by atoms with E-state index in [2.05, 4.69) is 18.9 Å². The quantitative estimate of drug-likeness (QED) is 0.226. The maximum absolute atomic E-state index is 13.0. The molecular formula is C28H25ClN2O4. The maximum atomic E-state index is 13.0. The molecule has 0 aliphatic carbocycles. The van der Waals surface area contributed by atoms with Crippen LogP contribution >= 0.6 is 11.6 Å². The molecule has 1 aliphatic rings. The van der Waals surface area contributed by atoms with Gasteiger partial charge in [-0.1, -0.05) is 55.8 Å². The SMILES string of the molecule is COc1cc(/C=C2/C(=O)N(c3ccccc3)N=C2C)cc(Cl)c1OC(=O)c1ccc(C(C)C)cc1. The lowest BCUT2D eigenvalue weighted by Crippen LogP contribution is -2.21. The predicted molar refractivity (Wildman–Crippen MR) is 139 cm³/mol. The molecule has 3 aromatic carbocycles. The summed E-state index contributed by atoms with van der Waals surface area (Å²) in [5.74, 6) is -0.0422. The lowest BCUT2D eigenvalue weighted by Gasteiger charge is -2.13. The van der Waals surface area contributed by atoms with E-state index < -0.39 is 5.97 Å². The molecule has 6 nitrogen and oxygen atoms in total. The van der Waals surface area contributed by atoms with Gasteiger partial charge in [0.05, 0.1) is 34.7 Å². The Morgan fingerprint density at radius 1 is 1.06 bits per heavy atom. The largest absolute Gasteiger partial charge is 0.493 e. The molecule has 4 rings (SSSR count). The minimum Gasteiger partial charge on any atom is -0.493 e. The number of benzene rings is 3. The number of carbonyl (C=O) groups excluding carboxylic acids is 2. The average molecular weight is 489 g/mol. The van der Waals surface area contributed by atoms with Crippen molar-refractivity contribution in [3.63, 3.8) is 0 Å². The predicted octanol–water partition coefficient (Wildman–Crippen LogP) is 6.50. The molecule has 0 atom stereocenters. The van der Waals surface area contributed by atoms with Gasteiger partial charge in [-0.25, -0.2) is 4.79 Å². The lowest BCUT2D eigenvalue weighted by atomic mass is 10.0. The van der Waals surface area contributed by atoms with Crippen molar-refractivity contribution in [3.8, 4) is 11.5 Å². The Labute approximate surface area is 209 Å². The van der Waals surface area contributed by atoms with Crippen LogP contribution < -0.4 is 14.5 Å². The summed E-state index contributed by atoms with van der Waals surface area (Å²) in [6.45, 7) is 5.94.